The molecule has 1 heterocycles. The topological polar surface area (TPSA) is 29.3 Å². The lowest BCUT2D eigenvalue weighted by atomic mass is 10.2. The second-order valence-corrected chi connectivity index (χ2v) is 2.35. The lowest BCUT2D eigenvalue weighted by molar-refractivity contribution is 0.384. The maximum absolute atomic E-state index is 5.64. The molecule has 0 fully saturated rings. The zero-order chi connectivity index (χ0) is 6.85. The van der Waals surface area contributed by atoms with Crippen LogP contribution in [0, 0.1) is 0 Å². The van der Waals surface area contributed by atoms with Gasteiger partial charge in [-0.15, -0.1) is 0 Å². The minimum absolute atomic E-state index is 0.356. The SMILES string of the molecule is CC1C(N)=CC=CN1C. The number of nitrogens with two attached hydrogens (primary N) is 1. The van der Waals surface area contributed by atoms with Crippen LogP contribution in [0.5, 0.6) is 0 Å². The van der Waals surface area contributed by atoms with E-state index in [0.717, 1.165) is 5.70 Å². The van der Waals surface area contributed by atoms with E-state index in [1.807, 2.05) is 25.4 Å². The van der Waals surface area contributed by atoms with Crippen molar-refractivity contribution in [2.45, 2.75) is 13.0 Å². The summed E-state index contributed by atoms with van der Waals surface area (Å²) in [4.78, 5) is 2.08. The molecular weight excluding hydrogens is 112 g/mol. The molecular formula is C7H12N2. The van der Waals surface area contributed by atoms with Gasteiger partial charge in [0, 0.05) is 12.7 Å². The van der Waals surface area contributed by atoms with Crippen molar-refractivity contribution in [3.63, 3.8) is 0 Å². The third kappa shape index (κ3) is 1.07. The van der Waals surface area contributed by atoms with E-state index in [0.29, 0.717) is 6.04 Å². The van der Waals surface area contributed by atoms with Crippen LogP contribution in [0.1, 0.15) is 6.92 Å². The second-order valence-electron chi connectivity index (χ2n) is 2.35. The van der Waals surface area contributed by atoms with Crippen LogP contribution in [-0.4, -0.2) is 18.0 Å². The van der Waals surface area contributed by atoms with Gasteiger partial charge >= 0.3 is 0 Å². The number of hydrogen-bond donors (Lipinski definition) is 1. The van der Waals surface area contributed by atoms with Gasteiger partial charge in [-0.1, -0.05) is 0 Å². The van der Waals surface area contributed by atoms with E-state index in [4.69, 9.17) is 5.73 Å². The lowest BCUT2D eigenvalue weighted by Gasteiger charge is -2.25. The molecule has 9 heavy (non-hydrogen) atoms. The molecule has 1 rings (SSSR count). The molecule has 1 aliphatic rings. The van der Waals surface area contributed by atoms with Crippen LogP contribution in [0.25, 0.3) is 0 Å². The normalized spacial score (nSPS) is 26.2. The molecule has 1 aliphatic heterocycles. The van der Waals surface area contributed by atoms with Crippen LogP contribution in [0.3, 0.4) is 0 Å². The minimum Gasteiger partial charge on any atom is -0.400 e. The summed E-state index contributed by atoms with van der Waals surface area (Å²) in [5.74, 6) is 0. The summed E-state index contributed by atoms with van der Waals surface area (Å²) in [6, 6.07) is 0.356. The summed E-state index contributed by atoms with van der Waals surface area (Å²) >= 11 is 0. The Morgan fingerprint density at radius 1 is 1.67 bits per heavy atom. The Morgan fingerprint density at radius 3 is 2.78 bits per heavy atom. The van der Waals surface area contributed by atoms with E-state index in [-0.39, 0.29) is 0 Å². The summed E-state index contributed by atoms with van der Waals surface area (Å²) in [6.45, 7) is 2.08. The third-order valence-corrected chi connectivity index (χ3v) is 1.70. The summed E-state index contributed by atoms with van der Waals surface area (Å²) in [5, 5.41) is 0. The van der Waals surface area contributed by atoms with E-state index in [9.17, 15) is 0 Å². The van der Waals surface area contributed by atoms with Crippen molar-refractivity contribution in [2.75, 3.05) is 7.05 Å². The Hall–Kier alpha value is -0.920. The lowest BCUT2D eigenvalue weighted by Crippen LogP contribution is -2.31. The van der Waals surface area contributed by atoms with Crippen molar-refractivity contribution in [3.05, 3.63) is 24.0 Å². The zero-order valence-electron chi connectivity index (χ0n) is 5.83. The molecule has 2 N–H and O–H groups in total. The molecule has 0 aromatic rings. The fourth-order valence-corrected chi connectivity index (χ4v) is 0.793. The van der Waals surface area contributed by atoms with Crippen molar-refractivity contribution in [1.29, 1.82) is 0 Å². The van der Waals surface area contributed by atoms with Crippen molar-refractivity contribution in [1.82, 2.24) is 4.90 Å². The average Bonchev–Trinajstić information content (AvgIpc) is 1.83. The van der Waals surface area contributed by atoms with E-state index < -0.39 is 0 Å². The first-order valence-electron chi connectivity index (χ1n) is 3.07. The van der Waals surface area contributed by atoms with Crippen LogP contribution in [0.4, 0.5) is 0 Å². The predicted molar refractivity (Wildman–Crippen MR) is 38.6 cm³/mol. The second kappa shape index (κ2) is 2.13. The van der Waals surface area contributed by atoms with Gasteiger partial charge < -0.3 is 10.6 Å². The van der Waals surface area contributed by atoms with Crippen LogP contribution in [-0.2, 0) is 0 Å². The predicted octanol–water partition coefficient (Wildman–Crippen LogP) is 0.677. The molecule has 0 saturated heterocycles. The van der Waals surface area contributed by atoms with Gasteiger partial charge in [0.1, 0.15) is 0 Å². The van der Waals surface area contributed by atoms with Gasteiger partial charge in [-0.2, -0.15) is 0 Å². The van der Waals surface area contributed by atoms with Gasteiger partial charge in [0.2, 0.25) is 0 Å². The first-order valence-corrected chi connectivity index (χ1v) is 3.07. The summed E-state index contributed by atoms with van der Waals surface area (Å²) in [7, 11) is 2.01. The quantitative estimate of drug-likeness (QED) is 0.514. The maximum atomic E-state index is 5.64. The van der Waals surface area contributed by atoms with E-state index in [2.05, 4.69) is 11.8 Å². The van der Waals surface area contributed by atoms with Gasteiger partial charge in [0.25, 0.3) is 0 Å². The van der Waals surface area contributed by atoms with Crippen molar-refractivity contribution in [2.24, 2.45) is 5.73 Å². The molecule has 0 saturated carbocycles. The highest BCUT2D eigenvalue weighted by atomic mass is 15.1. The summed E-state index contributed by atoms with van der Waals surface area (Å²) in [5.41, 5.74) is 6.57. The first-order chi connectivity index (χ1) is 4.22. The largest absolute Gasteiger partial charge is 0.400 e. The molecule has 50 valence electrons. The Morgan fingerprint density at radius 2 is 2.33 bits per heavy atom. The smallest absolute Gasteiger partial charge is 0.0649 e. The number of rotatable bonds is 0. The molecule has 1 unspecified atom stereocenters. The van der Waals surface area contributed by atoms with E-state index in [1.165, 1.54) is 0 Å². The summed E-state index contributed by atoms with van der Waals surface area (Å²) in [6.07, 6.45) is 5.90. The molecule has 0 spiro atoms. The maximum Gasteiger partial charge on any atom is 0.0649 e. The van der Waals surface area contributed by atoms with Crippen LogP contribution in [0.15, 0.2) is 24.0 Å². The van der Waals surface area contributed by atoms with Gasteiger partial charge in [-0.05, 0) is 25.3 Å². The highest BCUT2D eigenvalue weighted by molar-refractivity contribution is 5.19. The minimum atomic E-state index is 0.356. The van der Waals surface area contributed by atoms with Crippen LogP contribution >= 0.6 is 0 Å². The fourth-order valence-electron chi connectivity index (χ4n) is 0.793. The molecule has 0 radical (unpaired) electrons. The Balaban J connectivity index is 2.73. The molecule has 2 heteroatoms. The van der Waals surface area contributed by atoms with E-state index in [1.54, 1.807) is 0 Å². The standard InChI is InChI=1S/C7H12N2/c1-6-7(8)4-3-5-9(6)2/h3-6H,8H2,1-2H3. The van der Waals surface area contributed by atoms with Crippen molar-refractivity contribution in [3.8, 4) is 0 Å². The monoisotopic (exact) mass is 124 g/mol. The van der Waals surface area contributed by atoms with Gasteiger partial charge in [-0.25, -0.2) is 0 Å². The molecule has 0 aromatic heterocycles. The molecule has 2 nitrogen and oxygen atoms in total. The highest BCUT2D eigenvalue weighted by Gasteiger charge is 2.09. The zero-order valence-corrected chi connectivity index (χ0v) is 5.83. The highest BCUT2D eigenvalue weighted by Crippen LogP contribution is 2.08. The summed E-state index contributed by atoms with van der Waals surface area (Å²) < 4.78 is 0. The Bertz CT molecular complexity index is 158. The van der Waals surface area contributed by atoms with Crippen molar-refractivity contribution < 1.29 is 0 Å². The molecule has 0 bridgehead atoms. The Labute approximate surface area is 55.6 Å². The van der Waals surface area contributed by atoms with Gasteiger partial charge in [0.15, 0.2) is 0 Å². The van der Waals surface area contributed by atoms with Crippen LogP contribution in [0.2, 0.25) is 0 Å². The number of hydrogen-bond acceptors (Lipinski definition) is 2. The van der Waals surface area contributed by atoms with E-state index >= 15 is 0 Å². The molecule has 0 aromatic carbocycles. The molecule has 0 aliphatic carbocycles. The number of likely N-dealkylation sites (N-methyl/N-ethyl adjacent to an activating group) is 1. The fraction of sp³-hybridized carbons (Fsp3) is 0.429. The van der Waals surface area contributed by atoms with Crippen LogP contribution < -0.4 is 5.73 Å². The van der Waals surface area contributed by atoms with Gasteiger partial charge in [-0.3, -0.25) is 0 Å². The van der Waals surface area contributed by atoms with Crippen molar-refractivity contribution >= 4 is 0 Å². The molecule has 0 amide bonds. The Kier molecular flexibility index (Phi) is 1.47. The first kappa shape index (κ1) is 6.20. The third-order valence-electron chi connectivity index (χ3n) is 1.70. The average molecular weight is 124 g/mol. The van der Waals surface area contributed by atoms with Gasteiger partial charge in [0.05, 0.1) is 6.04 Å². The molecule has 1 atom stereocenters. The number of allylic oxidation sites excluding steroid dienone is 2. The number of nitrogens with zero attached hydrogens (tertiary/aromatic N) is 1.